The molecule has 0 radical (unpaired) electrons. The molecular formula is C23H23N3O5. The van der Waals surface area contributed by atoms with Gasteiger partial charge < -0.3 is 19.5 Å². The highest BCUT2D eigenvalue weighted by molar-refractivity contribution is 5.93. The summed E-state index contributed by atoms with van der Waals surface area (Å²) in [4.78, 5) is 24.7. The largest absolute Gasteiger partial charge is 0.454 e. The average molecular weight is 421 g/mol. The van der Waals surface area contributed by atoms with Crippen LogP contribution in [0.1, 0.15) is 32.9 Å². The maximum atomic E-state index is 12.6. The van der Waals surface area contributed by atoms with E-state index >= 15 is 0 Å². The van der Waals surface area contributed by atoms with Gasteiger partial charge in [0.15, 0.2) is 18.1 Å². The van der Waals surface area contributed by atoms with Gasteiger partial charge in [-0.2, -0.15) is 5.10 Å². The molecule has 0 atom stereocenters. The van der Waals surface area contributed by atoms with E-state index < -0.39 is 11.9 Å². The molecule has 2 heterocycles. The summed E-state index contributed by atoms with van der Waals surface area (Å²) in [6, 6.07) is 15.3. The lowest BCUT2D eigenvalue weighted by Crippen LogP contribution is -2.28. The maximum Gasteiger partial charge on any atom is 0.342 e. The summed E-state index contributed by atoms with van der Waals surface area (Å²) in [5.41, 5.74) is 3.60. The number of benzene rings is 2. The summed E-state index contributed by atoms with van der Waals surface area (Å²) in [7, 11) is 0. The molecule has 1 aliphatic heterocycles. The lowest BCUT2D eigenvalue weighted by molar-refractivity contribution is -0.124. The molecule has 160 valence electrons. The van der Waals surface area contributed by atoms with Gasteiger partial charge in [-0.15, -0.1) is 0 Å². The number of hydrogen-bond donors (Lipinski definition) is 1. The number of esters is 1. The predicted octanol–water partition coefficient (Wildman–Crippen LogP) is 2.75. The first-order valence-electron chi connectivity index (χ1n) is 9.91. The minimum absolute atomic E-state index is 0.196. The van der Waals surface area contributed by atoms with E-state index in [1.54, 1.807) is 17.7 Å². The molecule has 1 aliphatic rings. The summed E-state index contributed by atoms with van der Waals surface area (Å²) in [5, 5.41) is 7.18. The van der Waals surface area contributed by atoms with Gasteiger partial charge in [0.2, 0.25) is 6.79 Å². The van der Waals surface area contributed by atoms with Gasteiger partial charge in [0, 0.05) is 6.54 Å². The molecule has 1 N–H and O–H groups in total. The van der Waals surface area contributed by atoms with Gasteiger partial charge in [0.05, 0.1) is 17.9 Å². The van der Waals surface area contributed by atoms with Crippen molar-refractivity contribution in [3.05, 3.63) is 76.6 Å². The molecule has 0 unspecified atom stereocenters. The maximum absolute atomic E-state index is 12.6. The molecule has 8 heteroatoms. The first-order valence-corrected chi connectivity index (χ1v) is 9.91. The van der Waals surface area contributed by atoms with E-state index in [4.69, 9.17) is 14.2 Å². The fourth-order valence-corrected chi connectivity index (χ4v) is 3.41. The second kappa shape index (κ2) is 8.91. The number of carbonyl (C=O) groups excluding carboxylic acids is 2. The van der Waals surface area contributed by atoms with Crippen LogP contribution in [0.3, 0.4) is 0 Å². The van der Waals surface area contributed by atoms with Gasteiger partial charge in [-0.1, -0.05) is 36.4 Å². The van der Waals surface area contributed by atoms with Crippen molar-refractivity contribution in [2.24, 2.45) is 0 Å². The van der Waals surface area contributed by atoms with Crippen LogP contribution in [0.25, 0.3) is 0 Å². The summed E-state index contributed by atoms with van der Waals surface area (Å²) in [5.74, 6) is 0.379. The number of hydrogen-bond acceptors (Lipinski definition) is 6. The highest BCUT2D eigenvalue weighted by Crippen LogP contribution is 2.32. The lowest BCUT2D eigenvalue weighted by atomic mass is 10.2. The Labute approximate surface area is 179 Å². The standard InChI is InChI=1S/C23H23N3O5/c1-15-22(16(2)26(25-15)12-17-6-4-3-5-7-17)23(28)29-13-21(27)24-11-18-8-9-19-20(10-18)31-14-30-19/h3-10H,11-14H2,1-2H3,(H,24,27). The Kier molecular flexibility index (Phi) is 5.88. The van der Waals surface area contributed by atoms with Gasteiger partial charge in [-0.05, 0) is 37.1 Å². The van der Waals surface area contributed by atoms with Crippen molar-refractivity contribution in [2.45, 2.75) is 26.9 Å². The third-order valence-electron chi connectivity index (χ3n) is 5.02. The third kappa shape index (κ3) is 4.69. The van der Waals surface area contributed by atoms with Crippen molar-refractivity contribution in [1.29, 1.82) is 0 Å². The molecule has 3 aromatic rings. The van der Waals surface area contributed by atoms with Gasteiger partial charge in [-0.25, -0.2) is 4.79 Å². The molecular weight excluding hydrogens is 398 g/mol. The number of fused-ring (bicyclic) bond motifs is 1. The smallest absolute Gasteiger partial charge is 0.342 e. The lowest BCUT2D eigenvalue weighted by Gasteiger charge is -2.08. The van der Waals surface area contributed by atoms with Crippen molar-refractivity contribution in [2.75, 3.05) is 13.4 Å². The Morgan fingerprint density at radius 2 is 1.84 bits per heavy atom. The fourth-order valence-electron chi connectivity index (χ4n) is 3.41. The third-order valence-corrected chi connectivity index (χ3v) is 5.02. The molecule has 31 heavy (non-hydrogen) atoms. The first-order chi connectivity index (χ1) is 15.0. The summed E-state index contributed by atoms with van der Waals surface area (Å²) >= 11 is 0. The zero-order valence-electron chi connectivity index (χ0n) is 17.4. The van der Waals surface area contributed by atoms with E-state index in [2.05, 4.69) is 10.4 Å². The zero-order valence-corrected chi connectivity index (χ0v) is 17.4. The number of rotatable bonds is 7. The summed E-state index contributed by atoms with van der Waals surface area (Å²) in [6.07, 6.45) is 0. The molecule has 0 aliphatic carbocycles. The molecule has 1 amide bonds. The van der Waals surface area contributed by atoms with Crippen LogP contribution in [0.15, 0.2) is 48.5 Å². The topological polar surface area (TPSA) is 91.7 Å². The van der Waals surface area contributed by atoms with Crippen LogP contribution in [0.2, 0.25) is 0 Å². The van der Waals surface area contributed by atoms with Gasteiger partial charge >= 0.3 is 5.97 Å². The zero-order chi connectivity index (χ0) is 21.8. The molecule has 0 saturated carbocycles. The quantitative estimate of drug-likeness (QED) is 0.590. The van der Waals surface area contributed by atoms with E-state index in [1.807, 2.05) is 49.4 Å². The molecule has 0 fully saturated rings. The van der Waals surface area contributed by atoms with Crippen LogP contribution in [-0.4, -0.2) is 35.1 Å². The number of ether oxygens (including phenoxy) is 3. The number of aryl methyl sites for hydroxylation is 1. The van der Waals surface area contributed by atoms with Crippen molar-refractivity contribution < 1.29 is 23.8 Å². The average Bonchev–Trinajstić information content (AvgIpc) is 3.34. The second-order valence-corrected chi connectivity index (χ2v) is 7.23. The highest BCUT2D eigenvalue weighted by atomic mass is 16.7. The number of amides is 1. The monoisotopic (exact) mass is 421 g/mol. The molecule has 0 bridgehead atoms. The van der Waals surface area contributed by atoms with E-state index in [0.29, 0.717) is 41.5 Å². The molecule has 0 spiro atoms. The van der Waals surface area contributed by atoms with Crippen molar-refractivity contribution >= 4 is 11.9 Å². The Hall–Kier alpha value is -3.81. The van der Waals surface area contributed by atoms with Gasteiger partial charge in [0.25, 0.3) is 5.91 Å². The van der Waals surface area contributed by atoms with Crippen LogP contribution in [0.5, 0.6) is 11.5 Å². The molecule has 2 aromatic carbocycles. The molecule has 4 rings (SSSR count). The minimum atomic E-state index is -0.562. The van der Waals surface area contributed by atoms with Crippen LogP contribution >= 0.6 is 0 Å². The van der Waals surface area contributed by atoms with Crippen molar-refractivity contribution in [1.82, 2.24) is 15.1 Å². The van der Waals surface area contributed by atoms with E-state index in [1.165, 1.54) is 0 Å². The van der Waals surface area contributed by atoms with Crippen LogP contribution in [0, 0.1) is 13.8 Å². The van der Waals surface area contributed by atoms with E-state index in [-0.39, 0.29) is 13.4 Å². The first kappa shape index (κ1) is 20.5. The van der Waals surface area contributed by atoms with Gasteiger partial charge in [-0.3, -0.25) is 9.48 Å². The molecule has 0 saturated heterocycles. The Morgan fingerprint density at radius 1 is 1.06 bits per heavy atom. The number of nitrogens with one attached hydrogen (secondary N) is 1. The van der Waals surface area contributed by atoms with Gasteiger partial charge in [0.1, 0.15) is 5.56 Å². The van der Waals surface area contributed by atoms with Crippen LogP contribution in [0.4, 0.5) is 0 Å². The van der Waals surface area contributed by atoms with Crippen molar-refractivity contribution in [3.63, 3.8) is 0 Å². The Bertz CT molecular complexity index is 1110. The second-order valence-electron chi connectivity index (χ2n) is 7.23. The number of aromatic nitrogens is 2. The highest BCUT2D eigenvalue weighted by Gasteiger charge is 2.21. The summed E-state index contributed by atoms with van der Waals surface area (Å²) in [6.45, 7) is 4.24. The molecule has 1 aromatic heterocycles. The number of nitrogens with zero attached hydrogens (tertiary/aromatic N) is 2. The minimum Gasteiger partial charge on any atom is -0.454 e. The Balaban J connectivity index is 1.31. The SMILES string of the molecule is Cc1nn(Cc2ccccc2)c(C)c1C(=O)OCC(=O)NCc1ccc2c(c1)OCO2. The van der Waals surface area contributed by atoms with E-state index in [9.17, 15) is 9.59 Å². The predicted molar refractivity (Wildman–Crippen MR) is 112 cm³/mol. The number of carbonyl (C=O) groups is 2. The van der Waals surface area contributed by atoms with Crippen LogP contribution in [-0.2, 0) is 22.6 Å². The van der Waals surface area contributed by atoms with Crippen LogP contribution < -0.4 is 14.8 Å². The van der Waals surface area contributed by atoms with E-state index in [0.717, 1.165) is 11.1 Å². The molecule has 8 nitrogen and oxygen atoms in total. The Morgan fingerprint density at radius 3 is 2.65 bits per heavy atom. The van der Waals surface area contributed by atoms with Crippen molar-refractivity contribution in [3.8, 4) is 11.5 Å². The summed E-state index contributed by atoms with van der Waals surface area (Å²) < 4.78 is 17.6. The fraction of sp³-hybridized carbons (Fsp3) is 0.261. The normalized spacial score (nSPS) is 11.9.